The number of nitrogens with one attached hydrogen (secondary N) is 1. The summed E-state index contributed by atoms with van der Waals surface area (Å²) in [7, 11) is 0. The molecule has 134 valence electrons. The Kier molecular flexibility index (Phi) is 5.38. The summed E-state index contributed by atoms with van der Waals surface area (Å²) in [6, 6.07) is 10.6. The van der Waals surface area contributed by atoms with Crippen LogP contribution in [0.4, 0.5) is 5.69 Å². The van der Waals surface area contributed by atoms with Gasteiger partial charge >= 0.3 is 5.97 Å². The van der Waals surface area contributed by atoms with Crippen LogP contribution in [0.25, 0.3) is 4.96 Å². The van der Waals surface area contributed by atoms with Crippen molar-refractivity contribution in [1.82, 2.24) is 14.6 Å². The summed E-state index contributed by atoms with van der Waals surface area (Å²) in [6.07, 6.45) is 0. The number of thiocarbonyl (C=S) groups is 1. The van der Waals surface area contributed by atoms with E-state index in [1.807, 2.05) is 30.3 Å². The molecule has 1 aromatic carbocycles. The van der Waals surface area contributed by atoms with Gasteiger partial charge in [-0.15, -0.1) is 0 Å². The van der Waals surface area contributed by atoms with Crippen molar-refractivity contribution in [2.24, 2.45) is 0 Å². The van der Waals surface area contributed by atoms with Gasteiger partial charge in [0.15, 0.2) is 5.92 Å². The third-order valence-corrected chi connectivity index (χ3v) is 4.77. The molecule has 9 heteroatoms. The lowest BCUT2D eigenvalue weighted by atomic mass is 10.1. The van der Waals surface area contributed by atoms with Gasteiger partial charge in [-0.05, 0) is 26.0 Å². The van der Waals surface area contributed by atoms with Gasteiger partial charge in [0.25, 0.3) is 5.56 Å². The zero-order valence-electron chi connectivity index (χ0n) is 14.1. The summed E-state index contributed by atoms with van der Waals surface area (Å²) in [4.78, 5) is 29.6. The normalized spacial score (nSPS) is 11.9. The largest absolute Gasteiger partial charge is 0.465 e. The zero-order chi connectivity index (χ0) is 18.7. The molecule has 2 heterocycles. The van der Waals surface area contributed by atoms with Crippen LogP contribution in [0, 0.1) is 6.92 Å². The van der Waals surface area contributed by atoms with Crippen LogP contribution in [-0.4, -0.2) is 32.2 Å². The van der Waals surface area contributed by atoms with E-state index >= 15 is 0 Å². The Hall–Kier alpha value is -2.65. The molecule has 0 aliphatic carbocycles. The van der Waals surface area contributed by atoms with E-state index < -0.39 is 11.9 Å². The first-order chi connectivity index (χ1) is 12.5. The number of fused-ring (bicyclic) bond motifs is 1. The van der Waals surface area contributed by atoms with Gasteiger partial charge in [0.2, 0.25) is 4.96 Å². The highest BCUT2D eigenvalue weighted by molar-refractivity contribution is 7.80. The Bertz CT molecular complexity index is 1010. The van der Waals surface area contributed by atoms with Gasteiger partial charge in [-0.1, -0.05) is 41.8 Å². The van der Waals surface area contributed by atoms with Crippen molar-refractivity contribution in [3.05, 3.63) is 57.5 Å². The molecule has 0 fully saturated rings. The highest BCUT2D eigenvalue weighted by Crippen LogP contribution is 2.25. The van der Waals surface area contributed by atoms with Gasteiger partial charge in [0.05, 0.1) is 6.61 Å². The summed E-state index contributed by atoms with van der Waals surface area (Å²) in [5.41, 5.74) is 1.03. The van der Waals surface area contributed by atoms with Crippen molar-refractivity contribution in [3.8, 4) is 0 Å². The second-order valence-electron chi connectivity index (χ2n) is 5.41. The first kappa shape index (κ1) is 18.2. The fourth-order valence-corrected chi connectivity index (χ4v) is 3.78. The lowest BCUT2D eigenvalue weighted by molar-refractivity contribution is -0.143. The van der Waals surface area contributed by atoms with E-state index in [1.165, 1.54) is 10.6 Å². The number of aryl methyl sites for hydroxylation is 1. The van der Waals surface area contributed by atoms with E-state index in [9.17, 15) is 9.59 Å². The average molecular weight is 388 g/mol. The van der Waals surface area contributed by atoms with Crippen LogP contribution >= 0.6 is 23.6 Å². The quantitative estimate of drug-likeness (QED) is 0.531. The number of benzene rings is 1. The van der Waals surface area contributed by atoms with Crippen LogP contribution in [0.15, 0.2) is 41.2 Å². The average Bonchev–Trinajstić information content (AvgIpc) is 2.99. The van der Waals surface area contributed by atoms with Gasteiger partial charge in [0.1, 0.15) is 10.00 Å². The Labute approximate surface area is 158 Å². The van der Waals surface area contributed by atoms with E-state index in [-0.39, 0.29) is 17.2 Å². The van der Waals surface area contributed by atoms with Crippen LogP contribution < -0.4 is 10.9 Å². The molecule has 0 spiro atoms. The molecule has 26 heavy (non-hydrogen) atoms. The number of ether oxygens (including phenoxy) is 1. The van der Waals surface area contributed by atoms with Crippen molar-refractivity contribution < 1.29 is 9.53 Å². The molecule has 1 atom stereocenters. The van der Waals surface area contributed by atoms with Crippen molar-refractivity contribution in [2.75, 3.05) is 11.9 Å². The number of anilines is 1. The predicted molar refractivity (Wildman–Crippen MR) is 104 cm³/mol. The molecule has 0 aliphatic rings. The van der Waals surface area contributed by atoms with Gasteiger partial charge in [-0.2, -0.15) is 9.61 Å². The van der Waals surface area contributed by atoms with E-state index in [1.54, 1.807) is 13.8 Å². The lowest BCUT2D eigenvalue weighted by Gasteiger charge is -2.15. The SMILES string of the molecule is CCOC(=O)C(C(=S)Nc1ccccc1)c1nn2c(=O)cc(C)nc2s1. The summed E-state index contributed by atoms with van der Waals surface area (Å²) < 4.78 is 6.33. The number of nitrogens with zero attached hydrogens (tertiary/aromatic N) is 3. The topological polar surface area (TPSA) is 85.6 Å². The molecule has 3 aromatic rings. The molecule has 0 amide bonds. The molecule has 0 saturated heterocycles. The summed E-state index contributed by atoms with van der Waals surface area (Å²) in [5.74, 6) is -1.44. The van der Waals surface area contributed by atoms with Crippen molar-refractivity contribution in [3.63, 3.8) is 0 Å². The monoisotopic (exact) mass is 388 g/mol. The van der Waals surface area contributed by atoms with Crippen LogP contribution in [0.3, 0.4) is 0 Å². The summed E-state index contributed by atoms with van der Waals surface area (Å²) in [5, 5.41) is 7.64. The van der Waals surface area contributed by atoms with Crippen molar-refractivity contribution >= 4 is 45.2 Å². The van der Waals surface area contributed by atoms with Gasteiger partial charge in [-0.25, -0.2) is 4.98 Å². The molecule has 0 saturated carbocycles. The van der Waals surface area contributed by atoms with Crippen LogP contribution in [0.5, 0.6) is 0 Å². The maximum Gasteiger partial charge on any atom is 0.322 e. The fraction of sp³-hybridized carbons (Fsp3) is 0.235. The molecule has 1 N–H and O–H groups in total. The molecule has 0 radical (unpaired) electrons. The van der Waals surface area contributed by atoms with Gasteiger partial charge < -0.3 is 10.1 Å². The van der Waals surface area contributed by atoms with Crippen LogP contribution in [0.1, 0.15) is 23.5 Å². The molecule has 7 nitrogen and oxygen atoms in total. The second kappa shape index (κ2) is 7.71. The predicted octanol–water partition coefficient (Wildman–Crippen LogP) is 2.55. The molecule has 2 aromatic heterocycles. The second-order valence-corrected chi connectivity index (χ2v) is 6.84. The molecular formula is C17H16N4O3S2. The lowest BCUT2D eigenvalue weighted by Crippen LogP contribution is -2.28. The number of para-hydroxylation sites is 1. The standard InChI is InChI=1S/C17H16N4O3S2/c1-3-24-16(23)13(14(25)19-11-7-5-4-6-8-11)15-20-21-12(22)9-10(2)18-17(21)26-15/h4-9,13H,3H2,1-2H3,(H,19,25). The van der Waals surface area contributed by atoms with Gasteiger partial charge in [0, 0.05) is 17.4 Å². The minimum absolute atomic E-state index is 0.214. The number of carbonyl (C=O) groups is 1. The molecular weight excluding hydrogens is 372 g/mol. The third kappa shape index (κ3) is 3.78. The maximum absolute atomic E-state index is 12.5. The smallest absolute Gasteiger partial charge is 0.322 e. The first-order valence-corrected chi connectivity index (χ1v) is 9.12. The van der Waals surface area contributed by atoms with E-state index in [4.69, 9.17) is 17.0 Å². The van der Waals surface area contributed by atoms with E-state index in [0.717, 1.165) is 17.0 Å². The number of esters is 1. The zero-order valence-corrected chi connectivity index (χ0v) is 15.8. The third-order valence-electron chi connectivity index (χ3n) is 3.46. The molecule has 3 rings (SSSR count). The first-order valence-electron chi connectivity index (χ1n) is 7.89. The number of hydrogen-bond acceptors (Lipinski definition) is 7. The van der Waals surface area contributed by atoms with E-state index in [0.29, 0.717) is 15.7 Å². The Morgan fingerprint density at radius 1 is 1.38 bits per heavy atom. The summed E-state index contributed by atoms with van der Waals surface area (Å²) >= 11 is 6.58. The van der Waals surface area contributed by atoms with Crippen molar-refractivity contribution in [1.29, 1.82) is 0 Å². The van der Waals surface area contributed by atoms with Crippen molar-refractivity contribution in [2.45, 2.75) is 19.8 Å². The van der Waals surface area contributed by atoms with Crippen LogP contribution in [0.2, 0.25) is 0 Å². The number of hydrogen-bond donors (Lipinski definition) is 1. The molecule has 1 unspecified atom stereocenters. The highest BCUT2D eigenvalue weighted by atomic mass is 32.1. The maximum atomic E-state index is 12.5. The Balaban J connectivity index is 2.01. The molecule has 0 aliphatic heterocycles. The Morgan fingerprint density at radius 2 is 2.12 bits per heavy atom. The van der Waals surface area contributed by atoms with E-state index in [2.05, 4.69) is 15.4 Å². The minimum Gasteiger partial charge on any atom is -0.465 e. The number of aromatic nitrogens is 3. The molecule has 0 bridgehead atoms. The van der Waals surface area contributed by atoms with Crippen LogP contribution in [-0.2, 0) is 9.53 Å². The fourth-order valence-electron chi connectivity index (χ4n) is 2.33. The Morgan fingerprint density at radius 3 is 2.81 bits per heavy atom. The van der Waals surface area contributed by atoms with Gasteiger partial charge in [-0.3, -0.25) is 9.59 Å². The number of rotatable bonds is 5. The highest BCUT2D eigenvalue weighted by Gasteiger charge is 2.31. The number of carbonyl (C=O) groups excluding carboxylic acids is 1. The summed E-state index contributed by atoms with van der Waals surface area (Å²) in [6.45, 7) is 3.66. The minimum atomic E-state index is -0.920.